The molecule has 0 saturated carbocycles. The Kier molecular flexibility index (Phi) is 11.5. The minimum absolute atomic E-state index is 0.380. The van der Waals surface area contributed by atoms with E-state index in [-0.39, 0.29) is 0 Å². The molecule has 0 spiro atoms. The Bertz CT molecular complexity index is 1580. The van der Waals surface area contributed by atoms with Gasteiger partial charge in [0.2, 0.25) is 0 Å². The fourth-order valence-corrected chi connectivity index (χ4v) is 6.89. The predicted molar refractivity (Wildman–Crippen MR) is 183 cm³/mol. The summed E-state index contributed by atoms with van der Waals surface area (Å²) < 4.78 is 6.36. The lowest BCUT2D eigenvalue weighted by molar-refractivity contribution is -0.675. The van der Waals surface area contributed by atoms with Gasteiger partial charge < -0.3 is 0 Å². The second-order valence-corrected chi connectivity index (χ2v) is 13.1. The van der Waals surface area contributed by atoms with E-state index in [1.54, 1.807) is 0 Å². The number of thiol groups is 1. The molecule has 0 fully saturated rings. The van der Waals surface area contributed by atoms with E-state index in [0.717, 1.165) is 25.7 Å². The number of rotatable bonds is 14. The van der Waals surface area contributed by atoms with Gasteiger partial charge in [-0.05, 0) is 107 Å². The van der Waals surface area contributed by atoms with Crippen LogP contribution < -0.4 is 13.7 Å². The molecule has 0 aliphatic rings. The lowest BCUT2D eigenvalue weighted by atomic mass is 9.74. The summed E-state index contributed by atoms with van der Waals surface area (Å²) in [4.78, 5) is 8.66. The molecule has 5 aromatic heterocycles. The van der Waals surface area contributed by atoms with Crippen molar-refractivity contribution < 1.29 is 13.7 Å². The van der Waals surface area contributed by atoms with Crippen molar-refractivity contribution in [2.45, 2.75) is 75.0 Å². The molecule has 232 valence electrons. The van der Waals surface area contributed by atoms with E-state index in [2.05, 4.69) is 162 Å². The van der Waals surface area contributed by atoms with Crippen LogP contribution in [-0.2, 0) is 20.0 Å². The van der Waals surface area contributed by atoms with Crippen LogP contribution in [0.3, 0.4) is 0 Å². The number of nitrogens with zero attached hydrogens (tertiary/aromatic N) is 5. The summed E-state index contributed by atoms with van der Waals surface area (Å²) in [5.41, 5.74) is 6.92. The Labute approximate surface area is 275 Å². The van der Waals surface area contributed by atoms with Crippen LogP contribution in [-0.4, -0.2) is 9.97 Å². The maximum Gasteiger partial charge on any atom is 0.191 e. The molecule has 45 heavy (non-hydrogen) atoms. The summed E-state index contributed by atoms with van der Waals surface area (Å²) in [5.74, 6) is 2.73. The van der Waals surface area contributed by atoms with E-state index < -0.39 is 0 Å². The first kappa shape index (κ1) is 32.5. The fraction of sp³-hybridized carbons (Fsp3) is 0.359. The number of pyridine rings is 5. The molecule has 0 N–H and O–H groups in total. The van der Waals surface area contributed by atoms with Gasteiger partial charge in [0.05, 0.1) is 0 Å². The molecule has 5 rings (SSSR count). The van der Waals surface area contributed by atoms with E-state index in [1.165, 1.54) is 27.8 Å². The van der Waals surface area contributed by atoms with E-state index >= 15 is 0 Å². The third-order valence-electron chi connectivity index (χ3n) is 9.47. The Balaban J connectivity index is 1.48. The average molecular weight is 619 g/mol. The van der Waals surface area contributed by atoms with Crippen molar-refractivity contribution in [1.29, 1.82) is 0 Å². The first-order valence-corrected chi connectivity index (χ1v) is 16.8. The number of hydrogen-bond donors (Lipinski definition) is 1. The SMILES string of the molecule is CC(CC(CC(CC(CC(C)c1cc[n+](CS)cc1)c1cc[n+](C)cc1)c1ccncc1)c1cc[n+](C)cc1)c1ccncc1. The Morgan fingerprint density at radius 1 is 0.489 bits per heavy atom. The van der Waals surface area contributed by atoms with Crippen molar-refractivity contribution in [3.63, 3.8) is 0 Å². The van der Waals surface area contributed by atoms with Gasteiger partial charge in [-0.1, -0.05) is 13.8 Å². The van der Waals surface area contributed by atoms with E-state index in [0.29, 0.717) is 35.5 Å². The summed E-state index contributed by atoms with van der Waals surface area (Å²) in [6.07, 6.45) is 25.1. The van der Waals surface area contributed by atoms with Gasteiger partial charge in [-0.2, -0.15) is 4.57 Å². The van der Waals surface area contributed by atoms with Gasteiger partial charge in [0.15, 0.2) is 43.1 Å². The third kappa shape index (κ3) is 9.07. The van der Waals surface area contributed by atoms with Crippen molar-refractivity contribution in [3.8, 4) is 0 Å². The Morgan fingerprint density at radius 3 is 1.24 bits per heavy atom. The van der Waals surface area contributed by atoms with E-state index in [4.69, 9.17) is 0 Å². The highest BCUT2D eigenvalue weighted by Crippen LogP contribution is 2.43. The van der Waals surface area contributed by atoms with Crippen molar-refractivity contribution in [2.24, 2.45) is 14.1 Å². The van der Waals surface area contributed by atoms with Crippen molar-refractivity contribution in [3.05, 3.63) is 150 Å². The topological polar surface area (TPSA) is 37.4 Å². The van der Waals surface area contributed by atoms with Gasteiger partial charge in [0, 0.05) is 61.2 Å². The van der Waals surface area contributed by atoms with Crippen LogP contribution in [0, 0.1) is 0 Å². The molecule has 0 aromatic carbocycles. The van der Waals surface area contributed by atoms with Crippen molar-refractivity contribution in [1.82, 2.24) is 9.97 Å². The Hall–Kier alpha value is -3.90. The zero-order chi connectivity index (χ0) is 31.6. The number of aromatic nitrogens is 5. The van der Waals surface area contributed by atoms with Gasteiger partial charge in [-0.15, -0.1) is 12.6 Å². The van der Waals surface area contributed by atoms with E-state index in [9.17, 15) is 0 Å². The van der Waals surface area contributed by atoms with Crippen LogP contribution in [0.25, 0.3) is 0 Å². The molecule has 5 nitrogen and oxygen atoms in total. The standard InChI is InChI=1S/C39H47N5S/c1-30(32-5-15-40-16-6-32)25-37(35-9-19-42(3)20-10-35)27-39(34-7-17-41-18-8-34)28-38(36-11-21-43(4)22-12-36)26-31(2)33-13-23-44(29-45)24-14-33/h5-24,30-31,37-39H,25-29H2,1-4H3/q+2/p+1. The molecule has 5 heterocycles. The zero-order valence-electron chi connectivity index (χ0n) is 27.2. The zero-order valence-corrected chi connectivity index (χ0v) is 28.0. The number of aryl methyl sites for hydroxylation is 2. The highest BCUT2D eigenvalue weighted by molar-refractivity contribution is 7.78. The van der Waals surface area contributed by atoms with E-state index in [1.807, 2.05) is 24.8 Å². The molecule has 5 aromatic rings. The van der Waals surface area contributed by atoms with Gasteiger partial charge >= 0.3 is 0 Å². The van der Waals surface area contributed by atoms with Crippen LogP contribution >= 0.6 is 12.6 Å². The normalized spacial score (nSPS) is 14.8. The lowest BCUT2D eigenvalue weighted by Crippen LogP contribution is -2.29. The third-order valence-corrected chi connectivity index (χ3v) is 9.79. The highest BCUT2D eigenvalue weighted by Gasteiger charge is 2.28. The summed E-state index contributed by atoms with van der Waals surface area (Å²) in [5, 5.41) is 0. The molecule has 0 amide bonds. The van der Waals surface area contributed by atoms with Gasteiger partial charge in [0.1, 0.15) is 14.1 Å². The maximum atomic E-state index is 4.43. The molecule has 0 aliphatic heterocycles. The van der Waals surface area contributed by atoms with Crippen molar-refractivity contribution >= 4 is 12.6 Å². The molecule has 0 bridgehead atoms. The second kappa shape index (κ2) is 15.9. The molecule has 0 aliphatic carbocycles. The largest absolute Gasteiger partial charge is 0.265 e. The van der Waals surface area contributed by atoms with Crippen LogP contribution in [0.2, 0.25) is 0 Å². The summed E-state index contributed by atoms with van der Waals surface area (Å²) in [7, 11) is 4.19. The minimum atomic E-state index is 0.380. The first-order chi connectivity index (χ1) is 21.9. The van der Waals surface area contributed by atoms with Crippen LogP contribution in [0.15, 0.2) is 123 Å². The van der Waals surface area contributed by atoms with Gasteiger partial charge in [-0.3, -0.25) is 9.97 Å². The molecular formula is C39H48N5S+3. The minimum Gasteiger partial charge on any atom is -0.265 e. The maximum absolute atomic E-state index is 4.43. The second-order valence-electron chi connectivity index (χ2n) is 12.8. The smallest absolute Gasteiger partial charge is 0.191 e. The van der Waals surface area contributed by atoms with Gasteiger partial charge in [-0.25, -0.2) is 9.13 Å². The molecule has 0 radical (unpaired) electrons. The summed E-state index contributed by atoms with van der Waals surface area (Å²) in [6.45, 7) is 4.74. The van der Waals surface area contributed by atoms with Crippen LogP contribution in [0.5, 0.6) is 0 Å². The van der Waals surface area contributed by atoms with Crippen LogP contribution in [0.4, 0.5) is 0 Å². The predicted octanol–water partition coefficient (Wildman–Crippen LogP) is 7.12. The monoisotopic (exact) mass is 618 g/mol. The van der Waals surface area contributed by atoms with Gasteiger partial charge in [0.25, 0.3) is 0 Å². The molecule has 5 atom stereocenters. The molecule has 0 saturated heterocycles. The summed E-state index contributed by atoms with van der Waals surface area (Å²) >= 11 is 4.43. The van der Waals surface area contributed by atoms with Crippen LogP contribution in [0.1, 0.15) is 96.9 Å². The molecule has 5 unspecified atom stereocenters. The molecule has 6 heteroatoms. The Morgan fingerprint density at radius 2 is 0.822 bits per heavy atom. The highest BCUT2D eigenvalue weighted by atomic mass is 32.1. The number of hydrogen-bond acceptors (Lipinski definition) is 3. The quantitative estimate of drug-likeness (QED) is 0.106. The lowest BCUT2D eigenvalue weighted by Gasteiger charge is -2.30. The average Bonchev–Trinajstić information content (AvgIpc) is 3.08. The van der Waals surface area contributed by atoms with Crippen molar-refractivity contribution in [2.75, 3.05) is 0 Å². The summed E-state index contributed by atoms with van der Waals surface area (Å²) in [6, 6.07) is 22.6. The fourth-order valence-electron chi connectivity index (χ4n) is 6.71. The first-order valence-electron chi connectivity index (χ1n) is 16.2. The molecular weight excluding hydrogens is 571 g/mol.